The lowest BCUT2D eigenvalue weighted by Gasteiger charge is -2.25. The van der Waals surface area contributed by atoms with Gasteiger partial charge in [-0.3, -0.25) is 0 Å². The number of benzene rings is 2. The minimum absolute atomic E-state index is 0.0508. The van der Waals surface area contributed by atoms with E-state index in [9.17, 15) is 13.5 Å². The van der Waals surface area contributed by atoms with Crippen molar-refractivity contribution in [1.82, 2.24) is 5.32 Å². The van der Waals surface area contributed by atoms with E-state index in [0.717, 1.165) is 12.8 Å². The number of sulfonamides is 1. The van der Waals surface area contributed by atoms with Gasteiger partial charge in [0.1, 0.15) is 4.90 Å². The van der Waals surface area contributed by atoms with Crippen LogP contribution in [0, 0.1) is 0 Å². The zero-order chi connectivity index (χ0) is 21.4. The van der Waals surface area contributed by atoms with Crippen LogP contribution in [0.25, 0.3) is 0 Å². The van der Waals surface area contributed by atoms with E-state index in [2.05, 4.69) is 24.4 Å². The van der Waals surface area contributed by atoms with Crippen molar-refractivity contribution in [2.24, 2.45) is 5.14 Å². The van der Waals surface area contributed by atoms with Crippen molar-refractivity contribution >= 4 is 15.7 Å². The van der Waals surface area contributed by atoms with E-state index in [4.69, 9.17) is 5.14 Å². The number of rotatable bonds is 11. The fourth-order valence-corrected chi connectivity index (χ4v) is 4.14. The Bertz CT molecular complexity index is 868. The van der Waals surface area contributed by atoms with Gasteiger partial charge in [-0.15, -0.1) is 0 Å². The number of nitrogens with one attached hydrogen (secondary N) is 1. The zero-order valence-corrected chi connectivity index (χ0v) is 18.3. The first kappa shape index (κ1) is 23.3. The maximum atomic E-state index is 12.1. The molecule has 0 heterocycles. The van der Waals surface area contributed by atoms with Crippen LogP contribution in [-0.4, -0.2) is 39.2 Å². The molecule has 0 aliphatic rings. The SMILES string of the molecule is CCN(CC)c1ccc(C(O)CNC(C)CCc2ccccc2)cc1S(N)(=O)=O. The van der Waals surface area contributed by atoms with Gasteiger partial charge in [0.05, 0.1) is 11.8 Å². The largest absolute Gasteiger partial charge is 0.387 e. The molecule has 0 aliphatic carbocycles. The molecule has 0 bridgehead atoms. The first-order chi connectivity index (χ1) is 13.8. The molecule has 2 rings (SSSR count). The van der Waals surface area contributed by atoms with Gasteiger partial charge in [-0.2, -0.15) is 0 Å². The molecule has 2 aromatic rings. The van der Waals surface area contributed by atoms with Crippen molar-refractivity contribution in [3.8, 4) is 0 Å². The molecule has 29 heavy (non-hydrogen) atoms. The molecule has 0 aliphatic heterocycles. The van der Waals surface area contributed by atoms with Crippen LogP contribution in [0.1, 0.15) is 44.4 Å². The van der Waals surface area contributed by atoms with E-state index in [1.54, 1.807) is 12.1 Å². The topological polar surface area (TPSA) is 95.7 Å². The Morgan fingerprint density at radius 3 is 2.34 bits per heavy atom. The molecule has 0 saturated heterocycles. The summed E-state index contributed by atoms with van der Waals surface area (Å²) >= 11 is 0. The first-order valence-electron chi connectivity index (χ1n) is 10.1. The van der Waals surface area contributed by atoms with Crippen molar-refractivity contribution < 1.29 is 13.5 Å². The Kier molecular flexibility index (Phi) is 8.64. The molecule has 0 saturated carbocycles. The number of aliphatic hydroxyl groups is 1. The molecule has 6 nitrogen and oxygen atoms in total. The summed E-state index contributed by atoms with van der Waals surface area (Å²) in [5, 5.41) is 19.3. The fourth-order valence-electron chi connectivity index (χ4n) is 3.35. The van der Waals surface area contributed by atoms with E-state index < -0.39 is 16.1 Å². The molecule has 0 fully saturated rings. The van der Waals surface area contributed by atoms with Gasteiger partial charge >= 0.3 is 0 Å². The van der Waals surface area contributed by atoms with Gasteiger partial charge in [0.15, 0.2) is 0 Å². The average molecular weight is 420 g/mol. The predicted octanol–water partition coefficient (Wildman–Crippen LogP) is 2.82. The minimum atomic E-state index is -3.90. The van der Waals surface area contributed by atoms with E-state index in [-0.39, 0.29) is 10.9 Å². The highest BCUT2D eigenvalue weighted by Gasteiger charge is 2.20. The molecule has 7 heteroatoms. The van der Waals surface area contributed by atoms with Crippen molar-refractivity contribution in [3.63, 3.8) is 0 Å². The highest BCUT2D eigenvalue weighted by molar-refractivity contribution is 7.89. The van der Waals surface area contributed by atoms with Crippen LogP contribution in [0.2, 0.25) is 0 Å². The summed E-state index contributed by atoms with van der Waals surface area (Å²) in [5.74, 6) is 0. The first-order valence-corrected chi connectivity index (χ1v) is 11.7. The lowest BCUT2D eigenvalue weighted by molar-refractivity contribution is 0.170. The molecule has 0 radical (unpaired) electrons. The number of anilines is 1. The summed E-state index contributed by atoms with van der Waals surface area (Å²) in [5.41, 5.74) is 2.39. The Morgan fingerprint density at radius 1 is 1.10 bits per heavy atom. The molecular formula is C22H33N3O3S. The summed E-state index contributed by atoms with van der Waals surface area (Å²) in [6, 6.07) is 15.5. The third-order valence-corrected chi connectivity index (χ3v) is 6.09. The molecule has 0 amide bonds. The second-order valence-corrected chi connectivity index (χ2v) is 8.82. The Balaban J connectivity index is 2.03. The van der Waals surface area contributed by atoms with Crippen LogP contribution >= 0.6 is 0 Å². The van der Waals surface area contributed by atoms with E-state index >= 15 is 0 Å². The van der Waals surface area contributed by atoms with Crippen molar-refractivity contribution in [1.29, 1.82) is 0 Å². The summed E-state index contributed by atoms with van der Waals surface area (Å²) in [6.45, 7) is 7.67. The van der Waals surface area contributed by atoms with Crippen LogP contribution < -0.4 is 15.4 Å². The number of hydrogen-bond donors (Lipinski definition) is 3. The summed E-state index contributed by atoms with van der Waals surface area (Å²) in [7, 11) is -3.90. The van der Waals surface area contributed by atoms with Crippen LogP contribution in [0.5, 0.6) is 0 Å². The average Bonchev–Trinajstić information content (AvgIpc) is 2.71. The number of nitrogens with two attached hydrogens (primary N) is 1. The second kappa shape index (κ2) is 10.7. The molecule has 160 valence electrons. The van der Waals surface area contributed by atoms with Crippen molar-refractivity contribution in [2.45, 2.75) is 50.7 Å². The van der Waals surface area contributed by atoms with Gasteiger partial charge in [0.2, 0.25) is 10.0 Å². The van der Waals surface area contributed by atoms with Gasteiger partial charge < -0.3 is 15.3 Å². The maximum absolute atomic E-state index is 12.1. The summed E-state index contributed by atoms with van der Waals surface area (Å²) in [6.07, 6.45) is 1.08. The molecule has 2 unspecified atom stereocenters. The Labute approximate surface area is 174 Å². The van der Waals surface area contributed by atoms with E-state index in [0.29, 0.717) is 30.9 Å². The number of primary sulfonamides is 1. The number of nitrogens with zero attached hydrogens (tertiary/aromatic N) is 1. The summed E-state index contributed by atoms with van der Waals surface area (Å²) in [4.78, 5) is 1.98. The third kappa shape index (κ3) is 6.82. The van der Waals surface area contributed by atoms with Gasteiger partial charge in [-0.05, 0) is 56.9 Å². The molecule has 0 spiro atoms. The zero-order valence-electron chi connectivity index (χ0n) is 17.5. The Hall–Kier alpha value is -1.93. The smallest absolute Gasteiger partial charge is 0.240 e. The number of hydrogen-bond acceptors (Lipinski definition) is 5. The van der Waals surface area contributed by atoms with Crippen molar-refractivity contribution in [3.05, 3.63) is 59.7 Å². The van der Waals surface area contributed by atoms with Gasteiger partial charge in [-0.1, -0.05) is 36.4 Å². The minimum Gasteiger partial charge on any atom is -0.387 e. The number of aryl methyl sites for hydroxylation is 1. The van der Waals surface area contributed by atoms with Crippen LogP contribution in [0.3, 0.4) is 0 Å². The predicted molar refractivity (Wildman–Crippen MR) is 119 cm³/mol. The highest BCUT2D eigenvalue weighted by Crippen LogP contribution is 2.28. The Morgan fingerprint density at radius 2 is 1.76 bits per heavy atom. The highest BCUT2D eigenvalue weighted by atomic mass is 32.2. The quantitative estimate of drug-likeness (QED) is 0.520. The molecule has 2 atom stereocenters. The molecule has 0 aromatic heterocycles. The van der Waals surface area contributed by atoms with Crippen molar-refractivity contribution in [2.75, 3.05) is 24.5 Å². The molecule has 4 N–H and O–H groups in total. The van der Waals surface area contributed by atoms with Gasteiger partial charge in [0.25, 0.3) is 0 Å². The van der Waals surface area contributed by atoms with Gasteiger partial charge in [0, 0.05) is 25.7 Å². The van der Waals surface area contributed by atoms with E-state index in [1.165, 1.54) is 11.6 Å². The second-order valence-electron chi connectivity index (χ2n) is 7.29. The summed E-state index contributed by atoms with van der Waals surface area (Å²) < 4.78 is 24.2. The van der Waals surface area contributed by atoms with Gasteiger partial charge in [-0.25, -0.2) is 13.6 Å². The van der Waals surface area contributed by atoms with Crippen LogP contribution in [0.15, 0.2) is 53.4 Å². The molecule has 2 aromatic carbocycles. The molecular weight excluding hydrogens is 386 g/mol. The third-order valence-electron chi connectivity index (χ3n) is 5.15. The standard InChI is InChI=1S/C22H33N3O3S/c1-4-25(5-2)20-14-13-19(15-22(20)29(23,27)28)21(26)16-24-17(3)11-12-18-9-7-6-8-10-18/h6-10,13-15,17,21,24,26H,4-5,11-12,16H2,1-3H3,(H2,23,27,28). The number of aliphatic hydroxyl groups excluding tert-OH is 1. The lowest BCUT2D eigenvalue weighted by Crippen LogP contribution is -2.31. The van der Waals surface area contributed by atoms with Crippen LogP contribution in [0.4, 0.5) is 5.69 Å². The normalized spacial score (nSPS) is 13.8. The maximum Gasteiger partial charge on any atom is 0.240 e. The van der Waals surface area contributed by atoms with E-state index in [1.807, 2.05) is 36.9 Å². The fraction of sp³-hybridized carbons (Fsp3) is 0.455. The van der Waals surface area contributed by atoms with Crippen LogP contribution in [-0.2, 0) is 16.4 Å². The monoisotopic (exact) mass is 419 g/mol. The lowest BCUT2D eigenvalue weighted by atomic mass is 10.1.